The van der Waals surface area contributed by atoms with E-state index in [4.69, 9.17) is 11.6 Å². The predicted molar refractivity (Wildman–Crippen MR) is 97.5 cm³/mol. The molecule has 0 spiro atoms. The van der Waals surface area contributed by atoms with Gasteiger partial charge in [-0.3, -0.25) is 4.72 Å². The van der Waals surface area contributed by atoms with Crippen LogP contribution in [-0.4, -0.2) is 13.4 Å². The van der Waals surface area contributed by atoms with Crippen LogP contribution < -0.4 is 4.72 Å². The molecule has 3 rings (SSSR count). The number of hydrogen-bond donors (Lipinski definition) is 1. The lowest BCUT2D eigenvalue weighted by Crippen LogP contribution is -2.12. The molecule has 0 radical (unpaired) electrons. The van der Waals surface area contributed by atoms with E-state index in [9.17, 15) is 8.42 Å². The van der Waals surface area contributed by atoms with Crippen molar-refractivity contribution in [3.05, 3.63) is 63.4 Å². The first-order chi connectivity index (χ1) is 10.9. The molecule has 2 aromatic carbocycles. The van der Waals surface area contributed by atoms with Gasteiger partial charge in [-0.1, -0.05) is 39.7 Å². The largest absolute Gasteiger partial charge is 0.263 e. The molecule has 0 aliphatic carbocycles. The minimum absolute atomic E-state index is 0.184. The van der Waals surface area contributed by atoms with Crippen molar-refractivity contribution in [2.24, 2.45) is 0 Å². The first-order valence-electron chi connectivity index (χ1n) is 6.44. The highest BCUT2D eigenvalue weighted by molar-refractivity contribution is 9.10. The average Bonchev–Trinajstić information content (AvgIpc) is 2.96. The Morgan fingerprint density at radius 3 is 2.35 bits per heavy atom. The van der Waals surface area contributed by atoms with Crippen molar-refractivity contribution in [1.82, 2.24) is 4.98 Å². The van der Waals surface area contributed by atoms with E-state index in [1.165, 1.54) is 23.5 Å². The van der Waals surface area contributed by atoms with E-state index in [2.05, 4.69) is 25.6 Å². The molecule has 1 heterocycles. The van der Waals surface area contributed by atoms with Crippen LogP contribution in [0.15, 0.2) is 63.3 Å². The van der Waals surface area contributed by atoms with Gasteiger partial charge in [0.2, 0.25) is 0 Å². The van der Waals surface area contributed by atoms with E-state index in [-0.39, 0.29) is 4.90 Å². The second kappa shape index (κ2) is 6.60. The van der Waals surface area contributed by atoms with E-state index in [0.29, 0.717) is 15.8 Å². The summed E-state index contributed by atoms with van der Waals surface area (Å²) in [7, 11) is -3.65. The number of nitrogens with zero attached hydrogens (tertiary/aromatic N) is 1. The fourth-order valence-corrected chi connectivity index (χ4v) is 4.22. The number of aromatic nitrogens is 1. The highest BCUT2D eigenvalue weighted by atomic mass is 79.9. The molecule has 0 bridgehead atoms. The van der Waals surface area contributed by atoms with Crippen molar-refractivity contribution in [2.75, 3.05) is 4.72 Å². The van der Waals surface area contributed by atoms with Crippen molar-refractivity contribution in [3.63, 3.8) is 0 Å². The highest BCUT2D eigenvalue weighted by Gasteiger charge is 2.16. The Labute approximate surface area is 151 Å². The van der Waals surface area contributed by atoms with E-state index < -0.39 is 10.0 Å². The maximum Gasteiger partial charge on any atom is 0.263 e. The van der Waals surface area contributed by atoms with Crippen LogP contribution in [0.2, 0.25) is 5.02 Å². The lowest BCUT2D eigenvalue weighted by atomic mass is 10.2. The molecule has 0 aliphatic heterocycles. The number of sulfonamides is 1. The number of anilines is 1. The van der Waals surface area contributed by atoms with Crippen LogP contribution in [-0.2, 0) is 10.0 Å². The molecule has 0 atom stereocenters. The van der Waals surface area contributed by atoms with Crippen molar-refractivity contribution in [3.8, 4) is 11.3 Å². The van der Waals surface area contributed by atoms with E-state index in [0.717, 1.165) is 10.0 Å². The van der Waals surface area contributed by atoms with E-state index >= 15 is 0 Å². The smallest absolute Gasteiger partial charge is 0.255 e. The normalized spacial score (nSPS) is 11.4. The molecule has 1 aromatic heterocycles. The molecular formula is C15H10BrClN2O2S2. The van der Waals surface area contributed by atoms with Crippen LogP contribution in [0.1, 0.15) is 0 Å². The first-order valence-corrected chi connectivity index (χ1v) is 9.97. The molecule has 0 saturated carbocycles. The van der Waals surface area contributed by atoms with Gasteiger partial charge in [-0.25, -0.2) is 13.4 Å². The van der Waals surface area contributed by atoms with Crippen molar-refractivity contribution < 1.29 is 8.42 Å². The van der Waals surface area contributed by atoms with Crippen molar-refractivity contribution in [2.45, 2.75) is 4.90 Å². The van der Waals surface area contributed by atoms with Gasteiger partial charge in [0.1, 0.15) is 0 Å². The molecule has 0 aliphatic rings. The molecule has 0 unspecified atom stereocenters. The molecule has 0 amide bonds. The minimum atomic E-state index is -3.65. The quantitative estimate of drug-likeness (QED) is 0.633. The zero-order valence-electron chi connectivity index (χ0n) is 11.5. The fourth-order valence-electron chi connectivity index (χ4n) is 1.86. The minimum Gasteiger partial charge on any atom is -0.255 e. The standard InChI is InChI=1S/C15H10BrClN2O2S2/c16-11-3-7-13(8-4-11)23(20,21)19-15-18-14(9-22-15)10-1-5-12(17)6-2-10/h1-9H,(H,18,19). The summed E-state index contributed by atoms with van der Waals surface area (Å²) in [5.41, 5.74) is 1.57. The number of rotatable bonds is 4. The van der Waals surface area contributed by atoms with Gasteiger partial charge < -0.3 is 0 Å². The van der Waals surface area contributed by atoms with Gasteiger partial charge in [0, 0.05) is 20.4 Å². The maximum atomic E-state index is 12.3. The SMILES string of the molecule is O=S(=O)(Nc1nc(-c2ccc(Cl)cc2)cs1)c1ccc(Br)cc1. The second-order valence-corrected chi connectivity index (χ2v) is 8.50. The zero-order chi connectivity index (χ0) is 16.4. The number of nitrogens with one attached hydrogen (secondary N) is 1. The van der Waals surface area contributed by atoms with Crippen LogP contribution in [0, 0.1) is 0 Å². The van der Waals surface area contributed by atoms with Gasteiger partial charge in [-0.05, 0) is 36.4 Å². The maximum absolute atomic E-state index is 12.3. The molecular weight excluding hydrogens is 420 g/mol. The Morgan fingerprint density at radius 1 is 1.04 bits per heavy atom. The zero-order valence-corrected chi connectivity index (χ0v) is 15.5. The van der Waals surface area contributed by atoms with Gasteiger partial charge in [0.25, 0.3) is 10.0 Å². The molecule has 3 aromatic rings. The lowest BCUT2D eigenvalue weighted by molar-refractivity contribution is 0.601. The molecule has 1 N–H and O–H groups in total. The van der Waals surface area contributed by atoms with Crippen LogP contribution >= 0.6 is 38.9 Å². The fraction of sp³-hybridized carbons (Fsp3) is 0. The van der Waals surface area contributed by atoms with Crippen LogP contribution in [0.5, 0.6) is 0 Å². The Hall–Kier alpha value is -1.41. The first kappa shape index (κ1) is 16.4. The third-order valence-corrected chi connectivity index (χ3v) is 6.01. The summed E-state index contributed by atoms with van der Waals surface area (Å²) in [5, 5.41) is 2.75. The van der Waals surface area contributed by atoms with Gasteiger partial charge in [0.15, 0.2) is 5.13 Å². The lowest BCUT2D eigenvalue weighted by Gasteiger charge is -2.05. The summed E-state index contributed by atoms with van der Waals surface area (Å²) in [6.45, 7) is 0. The Bertz CT molecular complexity index is 923. The number of thiazole rings is 1. The summed E-state index contributed by atoms with van der Waals surface area (Å²) in [6.07, 6.45) is 0. The number of benzene rings is 2. The highest BCUT2D eigenvalue weighted by Crippen LogP contribution is 2.27. The molecule has 0 saturated heterocycles. The molecule has 0 fully saturated rings. The van der Waals surface area contributed by atoms with Gasteiger partial charge in [0.05, 0.1) is 10.6 Å². The Balaban J connectivity index is 1.83. The predicted octanol–water partition coefficient (Wildman–Crippen LogP) is 5.03. The second-order valence-electron chi connectivity index (χ2n) is 4.60. The van der Waals surface area contributed by atoms with Gasteiger partial charge in [-0.2, -0.15) is 0 Å². The van der Waals surface area contributed by atoms with Gasteiger partial charge >= 0.3 is 0 Å². The third-order valence-electron chi connectivity index (χ3n) is 2.99. The average molecular weight is 430 g/mol. The molecule has 8 heteroatoms. The Morgan fingerprint density at radius 2 is 1.70 bits per heavy atom. The van der Waals surface area contributed by atoms with Crippen LogP contribution in [0.25, 0.3) is 11.3 Å². The van der Waals surface area contributed by atoms with Crippen molar-refractivity contribution in [1.29, 1.82) is 0 Å². The van der Waals surface area contributed by atoms with E-state index in [1.807, 2.05) is 12.1 Å². The monoisotopic (exact) mass is 428 g/mol. The van der Waals surface area contributed by atoms with Crippen LogP contribution in [0.4, 0.5) is 5.13 Å². The van der Waals surface area contributed by atoms with Crippen LogP contribution in [0.3, 0.4) is 0 Å². The van der Waals surface area contributed by atoms with E-state index in [1.54, 1.807) is 29.6 Å². The summed E-state index contributed by atoms with van der Waals surface area (Å²) in [5.74, 6) is 0. The molecule has 23 heavy (non-hydrogen) atoms. The summed E-state index contributed by atoms with van der Waals surface area (Å²) in [4.78, 5) is 4.50. The molecule has 4 nitrogen and oxygen atoms in total. The summed E-state index contributed by atoms with van der Waals surface area (Å²) < 4.78 is 28.0. The topological polar surface area (TPSA) is 59.1 Å². The number of hydrogen-bond acceptors (Lipinski definition) is 4. The summed E-state index contributed by atoms with van der Waals surface area (Å²) in [6, 6.07) is 13.6. The van der Waals surface area contributed by atoms with Crippen molar-refractivity contribution >= 4 is 54.0 Å². The summed E-state index contributed by atoms with van der Waals surface area (Å²) >= 11 is 10.4. The van der Waals surface area contributed by atoms with Gasteiger partial charge in [-0.15, -0.1) is 11.3 Å². The number of halogens is 2. The Kier molecular flexibility index (Phi) is 4.72. The third kappa shape index (κ3) is 3.92. The molecule has 118 valence electrons.